The molecule has 0 amide bonds. The fraction of sp³-hybridized carbons (Fsp3) is 0.235. The highest BCUT2D eigenvalue weighted by atomic mass is 35.5. The van der Waals surface area contributed by atoms with E-state index in [2.05, 4.69) is 0 Å². The van der Waals surface area contributed by atoms with Crippen LogP contribution in [0.3, 0.4) is 0 Å². The van der Waals surface area contributed by atoms with Crippen LogP contribution in [0.2, 0.25) is 10.0 Å². The number of halogens is 2. The number of rotatable bonds is 5. The molecule has 116 valence electrons. The summed E-state index contributed by atoms with van der Waals surface area (Å²) in [5, 5.41) is 1.17. The van der Waals surface area contributed by atoms with Crippen LogP contribution < -0.4 is 0 Å². The summed E-state index contributed by atoms with van der Waals surface area (Å²) in [6.45, 7) is 1.07. The van der Waals surface area contributed by atoms with Gasteiger partial charge in [0.2, 0.25) is 0 Å². The van der Waals surface area contributed by atoms with Gasteiger partial charge in [-0.1, -0.05) is 41.4 Å². The molecule has 0 unspecified atom stereocenters. The lowest BCUT2D eigenvalue weighted by atomic mass is 10.0. The van der Waals surface area contributed by atoms with Crippen LogP contribution in [-0.4, -0.2) is 38.1 Å². The normalized spacial score (nSPS) is 10.8. The summed E-state index contributed by atoms with van der Waals surface area (Å²) < 4.78 is 5.20. The maximum absolute atomic E-state index is 11.9. The highest BCUT2D eigenvalue weighted by molar-refractivity contribution is 6.36. The van der Waals surface area contributed by atoms with Gasteiger partial charge >= 0.3 is 5.97 Å². The van der Waals surface area contributed by atoms with Gasteiger partial charge in [-0.15, -0.1) is 0 Å². The SMILES string of the molecule is CN(C)CCOC(=O)c1ccc(-c2ccc(Cl)cc2Cl)cc1. The Hall–Kier alpha value is -1.55. The van der Waals surface area contributed by atoms with E-state index in [0.717, 1.165) is 11.1 Å². The number of hydrogen-bond donors (Lipinski definition) is 0. The lowest BCUT2D eigenvalue weighted by molar-refractivity contribution is 0.0482. The van der Waals surface area contributed by atoms with Crippen LogP contribution in [0, 0.1) is 0 Å². The minimum atomic E-state index is -0.324. The number of hydrogen-bond acceptors (Lipinski definition) is 3. The van der Waals surface area contributed by atoms with Gasteiger partial charge in [0.05, 0.1) is 5.56 Å². The molecule has 0 spiro atoms. The molecule has 2 rings (SSSR count). The maximum atomic E-state index is 11.9. The summed E-state index contributed by atoms with van der Waals surface area (Å²) >= 11 is 12.1. The van der Waals surface area contributed by atoms with Crippen molar-refractivity contribution in [3.05, 3.63) is 58.1 Å². The van der Waals surface area contributed by atoms with Crippen LogP contribution in [-0.2, 0) is 4.74 Å². The topological polar surface area (TPSA) is 29.5 Å². The average molecular weight is 338 g/mol. The van der Waals surface area contributed by atoms with Gasteiger partial charge in [0, 0.05) is 22.2 Å². The van der Waals surface area contributed by atoms with Crippen molar-refractivity contribution in [3.63, 3.8) is 0 Å². The van der Waals surface area contributed by atoms with Crippen molar-refractivity contribution in [2.75, 3.05) is 27.2 Å². The minimum absolute atomic E-state index is 0.324. The summed E-state index contributed by atoms with van der Waals surface area (Å²) in [6.07, 6.45) is 0. The van der Waals surface area contributed by atoms with Crippen molar-refractivity contribution in [2.24, 2.45) is 0 Å². The van der Waals surface area contributed by atoms with Crippen LogP contribution >= 0.6 is 23.2 Å². The second-order valence-electron chi connectivity index (χ2n) is 5.14. The van der Waals surface area contributed by atoms with Gasteiger partial charge in [0.1, 0.15) is 6.61 Å². The van der Waals surface area contributed by atoms with Crippen molar-refractivity contribution in [1.82, 2.24) is 4.90 Å². The Morgan fingerprint density at radius 3 is 2.36 bits per heavy atom. The highest BCUT2D eigenvalue weighted by Crippen LogP contribution is 2.30. The molecule has 2 aromatic carbocycles. The fourth-order valence-corrected chi connectivity index (χ4v) is 2.43. The summed E-state index contributed by atoms with van der Waals surface area (Å²) in [6, 6.07) is 12.5. The van der Waals surface area contributed by atoms with E-state index in [0.29, 0.717) is 28.8 Å². The van der Waals surface area contributed by atoms with Crippen molar-refractivity contribution in [2.45, 2.75) is 0 Å². The van der Waals surface area contributed by atoms with Crippen molar-refractivity contribution >= 4 is 29.2 Å². The van der Waals surface area contributed by atoms with Crippen LogP contribution in [0.15, 0.2) is 42.5 Å². The Morgan fingerprint density at radius 1 is 1.09 bits per heavy atom. The van der Waals surface area contributed by atoms with E-state index in [9.17, 15) is 4.79 Å². The molecular weight excluding hydrogens is 321 g/mol. The summed E-state index contributed by atoms with van der Waals surface area (Å²) in [5.74, 6) is -0.324. The second kappa shape index (κ2) is 7.63. The standard InChI is InChI=1S/C17H17Cl2NO2/c1-20(2)9-10-22-17(21)13-5-3-12(4-6-13)15-8-7-14(18)11-16(15)19/h3-8,11H,9-10H2,1-2H3. The lowest BCUT2D eigenvalue weighted by Gasteiger charge is -2.10. The molecule has 0 saturated carbocycles. The molecule has 0 aliphatic rings. The van der Waals surface area contributed by atoms with Crippen molar-refractivity contribution in [3.8, 4) is 11.1 Å². The molecule has 3 nitrogen and oxygen atoms in total. The molecule has 0 aliphatic carbocycles. The fourth-order valence-electron chi connectivity index (χ4n) is 1.91. The number of carbonyl (C=O) groups excluding carboxylic acids is 1. The summed E-state index contributed by atoms with van der Waals surface area (Å²) in [7, 11) is 3.86. The maximum Gasteiger partial charge on any atom is 0.338 e. The molecule has 0 bridgehead atoms. The number of likely N-dealkylation sites (N-methyl/N-ethyl adjacent to an activating group) is 1. The first-order valence-corrected chi connectivity index (χ1v) is 7.60. The molecule has 22 heavy (non-hydrogen) atoms. The third kappa shape index (κ3) is 4.47. The van der Waals surface area contributed by atoms with E-state index in [1.54, 1.807) is 24.3 Å². The monoisotopic (exact) mass is 337 g/mol. The average Bonchev–Trinajstić information content (AvgIpc) is 2.47. The summed E-state index contributed by atoms with van der Waals surface area (Å²) in [5.41, 5.74) is 2.32. The zero-order valence-electron chi connectivity index (χ0n) is 12.5. The van der Waals surface area contributed by atoms with Crippen molar-refractivity contribution < 1.29 is 9.53 Å². The first-order valence-electron chi connectivity index (χ1n) is 6.84. The number of carbonyl (C=O) groups is 1. The zero-order valence-corrected chi connectivity index (χ0v) is 14.0. The van der Waals surface area contributed by atoms with E-state index in [-0.39, 0.29) is 5.97 Å². The molecule has 0 N–H and O–H groups in total. The van der Waals surface area contributed by atoms with Crippen molar-refractivity contribution in [1.29, 1.82) is 0 Å². The molecule has 0 aliphatic heterocycles. The number of ether oxygens (including phenoxy) is 1. The molecule has 0 saturated heterocycles. The van der Waals surface area contributed by atoms with E-state index in [1.165, 1.54) is 0 Å². The summed E-state index contributed by atoms with van der Waals surface area (Å²) in [4.78, 5) is 13.9. The molecule has 0 heterocycles. The van der Waals surface area contributed by atoms with Crippen LogP contribution in [0.1, 0.15) is 10.4 Å². The highest BCUT2D eigenvalue weighted by Gasteiger charge is 2.09. The zero-order chi connectivity index (χ0) is 16.1. The van der Waals surface area contributed by atoms with Crippen LogP contribution in [0.5, 0.6) is 0 Å². The molecule has 0 aromatic heterocycles. The predicted octanol–water partition coefficient (Wildman–Crippen LogP) is 4.38. The van der Waals surface area contributed by atoms with Gasteiger partial charge in [0.15, 0.2) is 0 Å². The molecule has 0 radical (unpaired) electrons. The Labute approximate surface area is 140 Å². The van der Waals surface area contributed by atoms with E-state index in [4.69, 9.17) is 27.9 Å². The van der Waals surface area contributed by atoms with Gasteiger partial charge in [-0.05, 0) is 43.9 Å². The molecular formula is C17H17Cl2NO2. The van der Waals surface area contributed by atoms with Gasteiger partial charge in [-0.3, -0.25) is 0 Å². The first kappa shape index (κ1) is 16.8. The smallest absolute Gasteiger partial charge is 0.338 e. The Balaban J connectivity index is 2.08. The number of benzene rings is 2. The van der Waals surface area contributed by atoms with Gasteiger partial charge < -0.3 is 9.64 Å². The third-order valence-corrected chi connectivity index (χ3v) is 3.68. The minimum Gasteiger partial charge on any atom is -0.461 e. The Morgan fingerprint density at radius 2 is 1.77 bits per heavy atom. The Bertz CT molecular complexity index is 654. The third-order valence-electron chi connectivity index (χ3n) is 3.13. The first-order chi connectivity index (χ1) is 10.5. The predicted molar refractivity (Wildman–Crippen MR) is 90.7 cm³/mol. The van der Waals surface area contributed by atoms with Gasteiger partial charge in [-0.25, -0.2) is 4.79 Å². The Kier molecular flexibility index (Phi) is 5.83. The van der Waals surface area contributed by atoms with Crippen LogP contribution in [0.25, 0.3) is 11.1 Å². The lowest BCUT2D eigenvalue weighted by Crippen LogP contribution is -2.20. The number of nitrogens with zero attached hydrogens (tertiary/aromatic N) is 1. The molecule has 0 fully saturated rings. The van der Waals surface area contributed by atoms with Gasteiger partial charge in [-0.2, -0.15) is 0 Å². The molecule has 2 aromatic rings. The number of esters is 1. The van der Waals surface area contributed by atoms with E-state index < -0.39 is 0 Å². The van der Waals surface area contributed by atoms with Crippen LogP contribution in [0.4, 0.5) is 0 Å². The van der Waals surface area contributed by atoms with E-state index in [1.807, 2.05) is 37.2 Å². The van der Waals surface area contributed by atoms with Gasteiger partial charge in [0.25, 0.3) is 0 Å². The van der Waals surface area contributed by atoms with E-state index >= 15 is 0 Å². The molecule has 0 atom stereocenters. The largest absolute Gasteiger partial charge is 0.461 e. The molecule has 5 heteroatoms. The quantitative estimate of drug-likeness (QED) is 0.758. The second-order valence-corrected chi connectivity index (χ2v) is 5.98.